The molecule has 0 saturated carbocycles. The molecule has 0 spiro atoms. The number of phenolic OH excluding ortho intramolecular Hbond substituents is 3. The predicted octanol–water partition coefficient (Wildman–Crippen LogP) is 4.26. The molecule has 0 bridgehead atoms. The summed E-state index contributed by atoms with van der Waals surface area (Å²) in [6.07, 6.45) is 1.25. The van der Waals surface area contributed by atoms with Gasteiger partial charge in [0.25, 0.3) is 0 Å². The van der Waals surface area contributed by atoms with Gasteiger partial charge in [-0.3, -0.25) is 9.59 Å². The van der Waals surface area contributed by atoms with Gasteiger partial charge >= 0.3 is 0 Å². The lowest BCUT2D eigenvalue weighted by atomic mass is 9.82. The van der Waals surface area contributed by atoms with E-state index in [9.17, 15) is 24.9 Å². The Kier molecular flexibility index (Phi) is 5.14. The van der Waals surface area contributed by atoms with Gasteiger partial charge in [0, 0.05) is 38.8 Å². The Bertz CT molecular complexity index is 972. The third kappa shape index (κ3) is 3.64. The van der Waals surface area contributed by atoms with E-state index in [1.54, 1.807) is 0 Å². The summed E-state index contributed by atoms with van der Waals surface area (Å²) in [7, 11) is 0. The summed E-state index contributed by atoms with van der Waals surface area (Å²) in [6.45, 7) is 0. The summed E-state index contributed by atoms with van der Waals surface area (Å²) in [4.78, 5) is 22.4. The van der Waals surface area contributed by atoms with Crippen molar-refractivity contribution in [3.63, 3.8) is 0 Å². The van der Waals surface area contributed by atoms with Crippen molar-refractivity contribution < 1.29 is 24.9 Å². The van der Waals surface area contributed by atoms with Crippen LogP contribution in [0.2, 0.25) is 5.02 Å². The van der Waals surface area contributed by atoms with E-state index in [-0.39, 0.29) is 28.4 Å². The average molecular weight is 383 g/mol. The highest BCUT2D eigenvalue weighted by atomic mass is 35.5. The zero-order valence-electron chi connectivity index (χ0n) is 14.0. The maximum absolute atomic E-state index is 11.2. The summed E-state index contributed by atoms with van der Waals surface area (Å²) in [5.41, 5.74) is 1.46. The summed E-state index contributed by atoms with van der Waals surface area (Å²) >= 11 is 6.08. The Morgan fingerprint density at radius 2 is 1.07 bits per heavy atom. The van der Waals surface area contributed by atoms with Crippen LogP contribution in [0.1, 0.15) is 43.3 Å². The van der Waals surface area contributed by atoms with Gasteiger partial charge < -0.3 is 15.3 Å². The van der Waals surface area contributed by atoms with Gasteiger partial charge in [-0.15, -0.1) is 0 Å². The van der Waals surface area contributed by atoms with E-state index in [0.717, 1.165) is 0 Å². The van der Waals surface area contributed by atoms with Crippen molar-refractivity contribution in [3.8, 4) is 17.2 Å². The normalized spacial score (nSPS) is 10.7. The van der Waals surface area contributed by atoms with Crippen molar-refractivity contribution in [2.45, 2.75) is 5.92 Å². The molecule has 27 heavy (non-hydrogen) atoms. The molecule has 0 unspecified atom stereocenters. The van der Waals surface area contributed by atoms with Crippen LogP contribution in [0, 0.1) is 0 Å². The Morgan fingerprint density at radius 3 is 1.52 bits per heavy atom. The predicted molar refractivity (Wildman–Crippen MR) is 101 cm³/mol. The van der Waals surface area contributed by atoms with Crippen molar-refractivity contribution >= 4 is 24.2 Å². The van der Waals surface area contributed by atoms with E-state index >= 15 is 0 Å². The number of carbonyl (C=O) groups is 2. The first kappa shape index (κ1) is 18.5. The van der Waals surface area contributed by atoms with Crippen LogP contribution in [0.25, 0.3) is 0 Å². The number of benzene rings is 3. The average Bonchev–Trinajstić information content (AvgIpc) is 2.67. The molecule has 3 aromatic rings. The fourth-order valence-corrected chi connectivity index (χ4v) is 3.19. The van der Waals surface area contributed by atoms with Gasteiger partial charge in [-0.1, -0.05) is 11.6 Å². The third-order valence-corrected chi connectivity index (χ3v) is 4.53. The lowest BCUT2D eigenvalue weighted by Gasteiger charge is -2.22. The minimum absolute atomic E-state index is 0.115. The SMILES string of the molecule is O=Cc1ccc(O)c(C(c2cc(Cl)ccc2O)c2cc(C=O)ccc2O)c1. The molecule has 3 aromatic carbocycles. The van der Waals surface area contributed by atoms with Crippen molar-refractivity contribution in [2.24, 2.45) is 0 Å². The van der Waals surface area contributed by atoms with Gasteiger partial charge in [-0.2, -0.15) is 0 Å². The molecule has 0 atom stereocenters. The van der Waals surface area contributed by atoms with Gasteiger partial charge in [-0.05, 0) is 54.6 Å². The number of rotatable bonds is 5. The van der Waals surface area contributed by atoms with E-state index < -0.39 is 5.92 Å². The van der Waals surface area contributed by atoms with E-state index in [2.05, 4.69) is 0 Å². The zero-order valence-corrected chi connectivity index (χ0v) is 14.7. The molecule has 5 nitrogen and oxygen atoms in total. The monoisotopic (exact) mass is 382 g/mol. The number of carbonyl (C=O) groups excluding carboxylic acids is 2. The van der Waals surface area contributed by atoms with Crippen LogP contribution in [-0.4, -0.2) is 27.9 Å². The number of hydrogen-bond donors (Lipinski definition) is 3. The van der Waals surface area contributed by atoms with Gasteiger partial charge in [0.05, 0.1) is 0 Å². The molecular weight excluding hydrogens is 368 g/mol. The topological polar surface area (TPSA) is 94.8 Å². The summed E-state index contributed by atoms with van der Waals surface area (Å²) in [5.74, 6) is -1.26. The number of hydrogen-bond acceptors (Lipinski definition) is 5. The molecular formula is C21H15ClO5. The Balaban J connectivity index is 2.36. The molecule has 0 saturated heterocycles. The summed E-state index contributed by atoms with van der Waals surface area (Å²) < 4.78 is 0. The van der Waals surface area contributed by atoms with Crippen molar-refractivity contribution in [3.05, 3.63) is 87.4 Å². The van der Waals surface area contributed by atoms with Crippen LogP contribution in [0.5, 0.6) is 17.2 Å². The molecule has 6 heteroatoms. The third-order valence-electron chi connectivity index (χ3n) is 4.30. The van der Waals surface area contributed by atoms with Crippen LogP contribution in [0.3, 0.4) is 0 Å². The van der Waals surface area contributed by atoms with E-state index in [0.29, 0.717) is 34.3 Å². The molecule has 0 heterocycles. The zero-order chi connectivity index (χ0) is 19.6. The second kappa shape index (κ2) is 7.51. The van der Waals surface area contributed by atoms with Crippen LogP contribution in [0.4, 0.5) is 0 Å². The standard InChI is InChI=1S/C21H15ClO5/c22-14-3-6-20(27)17(9-14)21(15-7-12(10-23)1-4-18(15)25)16-8-13(11-24)2-5-19(16)26/h1-11,21,25-27H. The van der Waals surface area contributed by atoms with Crippen LogP contribution in [-0.2, 0) is 0 Å². The molecule has 0 aliphatic heterocycles. The first-order chi connectivity index (χ1) is 12.9. The highest BCUT2D eigenvalue weighted by Gasteiger charge is 2.26. The largest absolute Gasteiger partial charge is 0.508 e. The quantitative estimate of drug-likeness (QED) is 0.452. The van der Waals surface area contributed by atoms with Gasteiger partial charge in [0.2, 0.25) is 0 Å². The van der Waals surface area contributed by atoms with Gasteiger partial charge in [-0.25, -0.2) is 0 Å². The van der Waals surface area contributed by atoms with Crippen molar-refractivity contribution in [1.29, 1.82) is 0 Å². The maximum Gasteiger partial charge on any atom is 0.150 e. The van der Waals surface area contributed by atoms with Crippen LogP contribution < -0.4 is 0 Å². The first-order valence-corrected chi connectivity index (χ1v) is 8.37. The fraction of sp³-hybridized carbons (Fsp3) is 0.0476. The number of halogens is 1. The molecule has 0 radical (unpaired) electrons. The van der Waals surface area contributed by atoms with Crippen LogP contribution >= 0.6 is 11.6 Å². The highest BCUT2D eigenvalue weighted by Crippen LogP contribution is 2.44. The smallest absolute Gasteiger partial charge is 0.150 e. The fourth-order valence-electron chi connectivity index (χ4n) is 3.01. The Morgan fingerprint density at radius 1 is 0.667 bits per heavy atom. The van der Waals surface area contributed by atoms with Gasteiger partial charge in [0.1, 0.15) is 29.8 Å². The molecule has 0 fully saturated rings. The number of aldehydes is 2. The molecule has 0 amide bonds. The molecule has 0 aliphatic carbocycles. The Hall–Kier alpha value is -3.31. The van der Waals surface area contributed by atoms with E-state index in [1.165, 1.54) is 54.6 Å². The Labute approximate surface area is 160 Å². The molecule has 3 rings (SSSR count). The second-order valence-electron chi connectivity index (χ2n) is 6.01. The second-order valence-corrected chi connectivity index (χ2v) is 6.44. The van der Waals surface area contributed by atoms with Crippen LogP contribution in [0.15, 0.2) is 54.6 Å². The first-order valence-electron chi connectivity index (χ1n) is 7.99. The summed E-state index contributed by atoms with van der Waals surface area (Å²) in [5, 5.41) is 31.6. The molecule has 0 aliphatic rings. The molecule has 3 N–H and O–H groups in total. The lowest BCUT2D eigenvalue weighted by Crippen LogP contribution is -2.06. The lowest BCUT2D eigenvalue weighted by molar-refractivity contribution is 0.111. The van der Waals surface area contributed by atoms with E-state index in [1.807, 2.05) is 0 Å². The summed E-state index contributed by atoms with van der Waals surface area (Å²) in [6, 6.07) is 12.9. The maximum atomic E-state index is 11.2. The minimum Gasteiger partial charge on any atom is -0.508 e. The van der Waals surface area contributed by atoms with Crippen molar-refractivity contribution in [2.75, 3.05) is 0 Å². The van der Waals surface area contributed by atoms with Crippen molar-refractivity contribution in [1.82, 2.24) is 0 Å². The van der Waals surface area contributed by atoms with Gasteiger partial charge in [0.15, 0.2) is 0 Å². The molecule has 0 aromatic heterocycles. The number of phenols is 3. The number of aromatic hydroxyl groups is 3. The van der Waals surface area contributed by atoms with E-state index in [4.69, 9.17) is 11.6 Å². The minimum atomic E-state index is -0.872. The molecule has 136 valence electrons. The highest BCUT2D eigenvalue weighted by molar-refractivity contribution is 6.30.